The Labute approximate surface area is 107 Å². The molecule has 1 fully saturated rings. The van der Waals surface area contributed by atoms with Gasteiger partial charge in [-0.15, -0.1) is 0 Å². The number of amides is 1. The molecule has 0 heterocycles. The van der Waals surface area contributed by atoms with Gasteiger partial charge in [0.1, 0.15) is 5.82 Å². The topological polar surface area (TPSA) is 41.1 Å². The summed E-state index contributed by atoms with van der Waals surface area (Å²) in [6.07, 6.45) is 5.14. The van der Waals surface area contributed by atoms with Crippen LogP contribution in [0.5, 0.6) is 0 Å². The minimum Gasteiger partial charge on any atom is -0.325 e. The third-order valence-electron chi connectivity index (χ3n) is 3.30. The molecule has 2 rings (SSSR count). The Morgan fingerprint density at radius 1 is 1.33 bits per heavy atom. The van der Waals surface area contributed by atoms with E-state index in [1.165, 1.54) is 37.8 Å². The number of nitrogens with one attached hydrogen (secondary N) is 2. The highest BCUT2D eigenvalue weighted by molar-refractivity contribution is 5.92. The highest BCUT2D eigenvalue weighted by atomic mass is 19.1. The molecule has 0 radical (unpaired) electrons. The molecule has 0 aromatic heterocycles. The monoisotopic (exact) mass is 250 g/mol. The molecule has 3 nitrogen and oxygen atoms in total. The van der Waals surface area contributed by atoms with Gasteiger partial charge in [-0.3, -0.25) is 4.79 Å². The Morgan fingerprint density at radius 3 is 2.83 bits per heavy atom. The van der Waals surface area contributed by atoms with Crippen molar-refractivity contribution in [2.24, 2.45) is 5.92 Å². The first-order valence-corrected chi connectivity index (χ1v) is 6.50. The molecule has 1 aliphatic rings. The predicted molar refractivity (Wildman–Crippen MR) is 69.9 cm³/mol. The first-order valence-electron chi connectivity index (χ1n) is 6.50. The maximum absolute atomic E-state index is 12.9. The van der Waals surface area contributed by atoms with Crippen molar-refractivity contribution in [1.29, 1.82) is 0 Å². The number of hydrogen-bond donors (Lipinski definition) is 2. The van der Waals surface area contributed by atoms with Crippen molar-refractivity contribution in [3.63, 3.8) is 0 Å². The zero-order valence-corrected chi connectivity index (χ0v) is 10.4. The van der Waals surface area contributed by atoms with Crippen LogP contribution in [0.15, 0.2) is 24.3 Å². The second-order valence-electron chi connectivity index (χ2n) is 4.84. The van der Waals surface area contributed by atoms with Crippen LogP contribution in [-0.2, 0) is 4.79 Å². The SMILES string of the molecule is O=C(CNCC1CCCC1)Nc1cccc(F)c1. The molecule has 4 heteroatoms. The quantitative estimate of drug-likeness (QED) is 0.843. The highest BCUT2D eigenvalue weighted by Crippen LogP contribution is 2.23. The Kier molecular flexibility index (Phi) is 4.70. The summed E-state index contributed by atoms with van der Waals surface area (Å²) >= 11 is 0. The summed E-state index contributed by atoms with van der Waals surface area (Å²) in [4.78, 5) is 11.6. The molecule has 18 heavy (non-hydrogen) atoms. The molecule has 1 amide bonds. The van der Waals surface area contributed by atoms with Crippen molar-refractivity contribution in [3.05, 3.63) is 30.1 Å². The van der Waals surface area contributed by atoms with Gasteiger partial charge < -0.3 is 10.6 Å². The average molecular weight is 250 g/mol. The maximum Gasteiger partial charge on any atom is 0.238 e. The number of carbonyl (C=O) groups is 1. The van der Waals surface area contributed by atoms with E-state index in [-0.39, 0.29) is 18.3 Å². The summed E-state index contributed by atoms with van der Waals surface area (Å²) in [7, 11) is 0. The number of halogens is 1. The van der Waals surface area contributed by atoms with Crippen LogP contribution >= 0.6 is 0 Å². The summed E-state index contributed by atoms with van der Waals surface area (Å²) in [6.45, 7) is 1.18. The normalized spacial score (nSPS) is 15.8. The molecular formula is C14H19FN2O. The Balaban J connectivity index is 1.68. The lowest BCUT2D eigenvalue weighted by Crippen LogP contribution is -2.31. The van der Waals surface area contributed by atoms with Crippen LogP contribution in [0, 0.1) is 11.7 Å². The van der Waals surface area contributed by atoms with Gasteiger partial charge in [-0.2, -0.15) is 0 Å². The molecule has 0 spiro atoms. The molecular weight excluding hydrogens is 231 g/mol. The second kappa shape index (κ2) is 6.50. The van der Waals surface area contributed by atoms with Crippen LogP contribution in [-0.4, -0.2) is 19.0 Å². The molecule has 2 N–H and O–H groups in total. The lowest BCUT2D eigenvalue weighted by molar-refractivity contribution is -0.115. The lowest BCUT2D eigenvalue weighted by Gasteiger charge is -2.10. The van der Waals surface area contributed by atoms with E-state index in [4.69, 9.17) is 0 Å². The van der Waals surface area contributed by atoms with Gasteiger partial charge >= 0.3 is 0 Å². The fraction of sp³-hybridized carbons (Fsp3) is 0.500. The Morgan fingerprint density at radius 2 is 2.11 bits per heavy atom. The van der Waals surface area contributed by atoms with Crippen molar-refractivity contribution in [2.75, 3.05) is 18.4 Å². The van der Waals surface area contributed by atoms with Crippen molar-refractivity contribution >= 4 is 11.6 Å². The number of carbonyl (C=O) groups excluding carboxylic acids is 1. The third-order valence-corrected chi connectivity index (χ3v) is 3.30. The van der Waals surface area contributed by atoms with Gasteiger partial charge in [-0.05, 0) is 43.5 Å². The largest absolute Gasteiger partial charge is 0.325 e. The standard InChI is InChI=1S/C14H19FN2O/c15-12-6-3-7-13(8-12)17-14(18)10-16-9-11-4-1-2-5-11/h3,6-8,11,16H,1-2,4-5,9-10H2,(H,17,18). The maximum atomic E-state index is 12.9. The van der Waals surface area contributed by atoms with Gasteiger partial charge in [0.25, 0.3) is 0 Å². The molecule has 0 saturated heterocycles. The van der Waals surface area contributed by atoms with Crippen LogP contribution in [0.2, 0.25) is 0 Å². The minimum atomic E-state index is -0.341. The van der Waals surface area contributed by atoms with E-state index in [1.807, 2.05) is 0 Å². The van der Waals surface area contributed by atoms with E-state index in [0.29, 0.717) is 11.6 Å². The van der Waals surface area contributed by atoms with E-state index in [1.54, 1.807) is 12.1 Å². The van der Waals surface area contributed by atoms with Crippen molar-refractivity contribution in [2.45, 2.75) is 25.7 Å². The predicted octanol–water partition coefficient (Wildman–Crippen LogP) is 2.54. The van der Waals surface area contributed by atoms with E-state index in [9.17, 15) is 9.18 Å². The van der Waals surface area contributed by atoms with Gasteiger partial charge in [-0.25, -0.2) is 4.39 Å². The zero-order chi connectivity index (χ0) is 12.8. The smallest absolute Gasteiger partial charge is 0.238 e. The van der Waals surface area contributed by atoms with Gasteiger partial charge in [0, 0.05) is 5.69 Å². The summed E-state index contributed by atoms with van der Waals surface area (Å²) in [6, 6.07) is 5.93. The summed E-state index contributed by atoms with van der Waals surface area (Å²) < 4.78 is 12.9. The Bertz CT molecular complexity index is 403. The van der Waals surface area contributed by atoms with Crippen molar-refractivity contribution in [3.8, 4) is 0 Å². The molecule has 0 unspecified atom stereocenters. The average Bonchev–Trinajstić information content (AvgIpc) is 2.82. The third kappa shape index (κ3) is 4.11. The first-order chi connectivity index (χ1) is 8.74. The molecule has 0 bridgehead atoms. The number of rotatable bonds is 5. The molecule has 1 saturated carbocycles. The van der Waals surface area contributed by atoms with Crippen LogP contribution in [0.4, 0.5) is 10.1 Å². The van der Waals surface area contributed by atoms with Crippen molar-refractivity contribution < 1.29 is 9.18 Å². The molecule has 0 aliphatic heterocycles. The summed E-state index contributed by atoms with van der Waals surface area (Å²) in [5.41, 5.74) is 0.502. The number of hydrogen-bond acceptors (Lipinski definition) is 2. The van der Waals surface area contributed by atoms with E-state index < -0.39 is 0 Å². The number of benzene rings is 1. The minimum absolute atomic E-state index is 0.126. The lowest BCUT2D eigenvalue weighted by atomic mass is 10.1. The molecule has 0 atom stereocenters. The second-order valence-corrected chi connectivity index (χ2v) is 4.84. The first kappa shape index (κ1) is 13.0. The number of anilines is 1. The Hall–Kier alpha value is -1.42. The van der Waals surface area contributed by atoms with Crippen molar-refractivity contribution in [1.82, 2.24) is 5.32 Å². The highest BCUT2D eigenvalue weighted by Gasteiger charge is 2.14. The van der Waals surface area contributed by atoms with Crippen LogP contribution in [0.25, 0.3) is 0 Å². The fourth-order valence-electron chi connectivity index (χ4n) is 2.38. The van der Waals surface area contributed by atoms with Crippen LogP contribution < -0.4 is 10.6 Å². The molecule has 98 valence electrons. The van der Waals surface area contributed by atoms with Gasteiger partial charge in [-0.1, -0.05) is 18.9 Å². The fourth-order valence-corrected chi connectivity index (χ4v) is 2.38. The van der Waals surface area contributed by atoms with Gasteiger partial charge in [0.05, 0.1) is 6.54 Å². The molecule has 1 aromatic rings. The van der Waals surface area contributed by atoms with E-state index in [2.05, 4.69) is 10.6 Å². The van der Waals surface area contributed by atoms with Gasteiger partial charge in [0.15, 0.2) is 0 Å². The van der Waals surface area contributed by atoms with Crippen LogP contribution in [0.1, 0.15) is 25.7 Å². The summed E-state index contributed by atoms with van der Waals surface area (Å²) in [5.74, 6) is 0.247. The zero-order valence-electron chi connectivity index (χ0n) is 10.4. The van der Waals surface area contributed by atoms with Crippen LogP contribution in [0.3, 0.4) is 0 Å². The van der Waals surface area contributed by atoms with Gasteiger partial charge in [0.2, 0.25) is 5.91 Å². The van der Waals surface area contributed by atoms with E-state index >= 15 is 0 Å². The molecule has 1 aliphatic carbocycles. The molecule has 1 aromatic carbocycles. The summed E-state index contributed by atoms with van der Waals surface area (Å²) in [5, 5.41) is 5.82. The van der Waals surface area contributed by atoms with E-state index in [0.717, 1.165) is 6.54 Å².